The zero-order chi connectivity index (χ0) is 24.7. The van der Waals surface area contributed by atoms with Crippen molar-refractivity contribution < 1.29 is 23.9 Å². The maximum Gasteiger partial charge on any atom is 0.339 e. The summed E-state index contributed by atoms with van der Waals surface area (Å²) in [5, 5.41) is 12.2. The molecule has 1 aromatic heterocycles. The van der Waals surface area contributed by atoms with Gasteiger partial charge in [-0.25, -0.2) is 4.79 Å². The molecule has 2 aliphatic rings. The zero-order valence-corrected chi connectivity index (χ0v) is 20.1. The molecule has 182 valence electrons. The molecule has 1 aliphatic carbocycles. The van der Waals surface area contributed by atoms with Crippen molar-refractivity contribution in [2.75, 3.05) is 6.79 Å². The van der Waals surface area contributed by atoms with Crippen LogP contribution in [0.4, 0.5) is 5.69 Å². The molecule has 0 saturated carbocycles. The predicted molar refractivity (Wildman–Crippen MR) is 129 cm³/mol. The van der Waals surface area contributed by atoms with Gasteiger partial charge in [-0.15, -0.1) is 0 Å². The van der Waals surface area contributed by atoms with Crippen molar-refractivity contribution in [3.8, 4) is 5.75 Å². The van der Waals surface area contributed by atoms with Crippen LogP contribution in [-0.4, -0.2) is 22.7 Å². The largest absolute Gasteiger partial charge is 0.467 e. The molecule has 5 rings (SSSR count). The molecule has 0 N–H and O–H groups in total. The summed E-state index contributed by atoms with van der Waals surface area (Å²) in [6.07, 6.45) is 2.60. The number of nitrogens with zero attached hydrogens (tertiary/aromatic N) is 2. The second-order valence-corrected chi connectivity index (χ2v) is 10.3. The van der Waals surface area contributed by atoms with Crippen LogP contribution in [0.3, 0.4) is 0 Å². The minimum Gasteiger partial charge on any atom is -0.467 e. The maximum atomic E-state index is 13.6. The molecule has 0 amide bonds. The summed E-state index contributed by atoms with van der Waals surface area (Å²) in [6, 6.07) is 10.4. The van der Waals surface area contributed by atoms with E-state index in [0.717, 1.165) is 41.4 Å². The molecule has 1 unspecified atom stereocenters. The Morgan fingerprint density at radius 3 is 2.83 bits per heavy atom. The lowest BCUT2D eigenvalue weighted by atomic mass is 9.70. The molecule has 35 heavy (non-hydrogen) atoms. The van der Waals surface area contributed by atoms with E-state index < -0.39 is 10.9 Å². The Kier molecular flexibility index (Phi) is 5.92. The van der Waals surface area contributed by atoms with Crippen LogP contribution in [-0.2, 0) is 35.5 Å². The molecule has 2 heterocycles. The monoisotopic (exact) mass is 476 g/mol. The molecule has 0 radical (unpaired) electrons. The predicted octanol–water partition coefficient (Wildman–Crippen LogP) is 5.52. The molecule has 0 fully saturated rings. The smallest absolute Gasteiger partial charge is 0.339 e. The average Bonchev–Trinajstić information content (AvgIpc) is 2.84. The van der Waals surface area contributed by atoms with Gasteiger partial charge in [0.2, 0.25) is 0 Å². The maximum absolute atomic E-state index is 13.6. The van der Waals surface area contributed by atoms with Crippen molar-refractivity contribution >= 4 is 22.6 Å². The van der Waals surface area contributed by atoms with E-state index in [1.165, 1.54) is 12.1 Å². The number of carbonyl (C=O) groups is 1. The summed E-state index contributed by atoms with van der Waals surface area (Å²) < 4.78 is 16.7. The van der Waals surface area contributed by atoms with Crippen molar-refractivity contribution in [2.24, 2.45) is 11.3 Å². The van der Waals surface area contributed by atoms with E-state index in [1.807, 2.05) is 24.3 Å². The van der Waals surface area contributed by atoms with Crippen molar-refractivity contribution in [2.45, 2.75) is 53.2 Å². The van der Waals surface area contributed by atoms with Gasteiger partial charge in [0.15, 0.2) is 6.79 Å². The van der Waals surface area contributed by atoms with Gasteiger partial charge in [0.25, 0.3) is 5.69 Å². The summed E-state index contributed by atoms with van der Waals surface area (Å²) in [6.45, 7) is 6.78. The molecule has 2 aromatic carbocycles. The first-order valence-corrected chi connectivity index (χ1v) is 11.8. The molecule has 1 aliphatic heterocycles. The third kappa shape index (κ3) is 4.46. The number of benzene rings is 2. The first-order valence-electron chi connectivity index (χ1n) is 11.8. The van der Waals surface area contributed by atoms with E-state index in [1.54, 1.807) is 0 Å². The zero-order valence-electron chi connectivity index (χ0n) is 20.1. The fraction of sp³-hybridized carbons (Fsp3) is 0.407. The summed E-state index contributed by atoms with van der Waals surface area (Å²) >= 11 is 0. The number of para-hydroxylation sites is 1. The third-order valence-corrected chi connectivity index (χ3v) is 7.03. The number of carbonyl (C=O) groups excluding carboxylic acids is 1. The van der Waals surface area contributed by atoms with E-state index in [4.69, 9.17) is 19.2 Å². The molecule has 0 spiro atoms. The number of nitro benzene ring substituents is 1. The van der Waals surface area contributed by atoms with Gasteiger partial charge in [-0.1, -0.05) is 39.0 Å². The summed E-state index contributed by atoms with van der Waals surface area (Å²) in [7, 11) is 0. The minimum atomic E-state index is -0.473. The quantitative estimate of drug-likeness (QED) is 0.278. The Morgan fingerprint density at radius 1 is 1.26 bits per heavy atom. The summed E-state index contributed by atoms with van der Waals surface area (Å²) in [4.78, 5) is 29.4. The number of rotatable bonds is 4. The Bertz CT molecular complexity index is 1330. The first-order chi connectivity index (χ1) is 16.7. The van der Waals surface area contributed by atoms with Gasteiger partial charge in [0, 0.05) is 34.3 Å². The third-order valence-electron chi connectivity index (χ3n) is 7.03. The summed E-state index contributed by atoms with van der Waals surface area (Å²) in [5.74, 6) is 0.437. The van der Waals surface area contributed by atoms with Crippen LogP contribution in [0.5, 0.6) is 5.75 Å². The van der Waals surface area contributed by atoms with E-state index in [-0.39, 0.29) is 31.1 Å². The van der Waals surface area contributed by atoms with Crippen LogP contribution in [0.1, 0.15) is 59.9 Å². The number of esters is 1. The van der Waals surface area contributed by atoms with Crippen molar-refractivity contribution in [3.05, 3.63) is 74.5 Å². The lowest BCUT2D eigenvalue weighted by Crippen LogP contribution is -2.29. The number of fused-ring (bicyclic) bond motifs is 3. The molecular formula is C27H28N2O6. The van der Waals surface area contributed by atoms with Crippen LogP contribution in [0, 0.1) is 21.4 Å². The Morgan fingerprint density at radius 2 is 2.06 bits per heavy atom. The SMILES string of the molecule is CC(C)(C)C1CCc2nc3ccccc3c(C(=O)OCc3cc([N+](=O)[O-])cc4c3OCOC4)c2C1. The molecule has 0 saturated heterocycles. The van der Waals surface area contributed by atoms with E-state index in [9.17, 15) is 14.9 Å². The lowest BCUT2D eigenvalue weighted by molar-refractivity contribution is -0.385. The van der Waals surface area contributed by atoms with Gasteiger partial charge in [-0.2, -0.15) is 0 Å². The lowest BCUT2D eigenvalue weighted by Gasteiger charge is -2.35. The van der Waals surface area contributed by atoms with Crippen LogP contribution >= 0.6 is 0 Å². The molecular weight excluding hydrogens is 448 g/mol. The number of nitro groups is 1. The minimum absolute atomic E-state index is 0.0441. The summed E-state index contributed by atoms with van der Waals surface area (Å²) in [5.41, 5.74) is 4.23. The fourth-order valence-electron chi connectivity index (χ4n) is 5.07. The normalized spacial score (nSPS) is 17.3. The first kappa shape index (κ1) is 23.2. The Hall–Kier alpha value is -3.52. The van der Waals surface area contributed by atoms with E-state index in [0.29, 0.717) is 28.4 Å². The van der Waals surface area contributed by atoms with Crippen LogP contribution in [0.25, 0.3) is 10.9 Å². The molecule has 8 nitrogen and oxygen atoms in total. The van der Waals surface area contributed by atoms with E-state index >= 15 is 0 Å². The second kappa shape index (κ2) is 8.92. The highest BCUT2D eigenvalue weighted by Gasteiger charge is 2.33. The van der Waals surface area contributed by atoms with Crippen molar-refractivity contribution in [1.82, 2.24) is 4.98 Å². The van der Waals surface area contributed by atoms with Gasteiger partial charge in [-0.05, 0) is 42.2 Å². The highest BCUT2D eigenvalue weighted by molar-refractivity contribution is 6.05. The number of non-ortho nitro benzene ring substituents is 1. The second-order valence-electron chi connectivity index (χ2n) is 10.3. The number of hydrogen-bond acceptors (Lipinski definition) is 7. The van der Waals surface area contributed by atoms with Crippen LogP contribution in [0.2, 0.25) is 0 Å². The molecule has 0 bridgehead atoms. The van der Waals surface area contributed by atoms with Crippen molar-refractivity contribution in [3.63, 3.8) is 0 Å². The average molecular weight is 477 g/mol. The molecule has 8 heteroatoms. The number of aromatic nitrogens is 1. The molecule has 3 aromatic rings. The van der Waals surface area contributed by atoms with Gasteiger partial charge >= 0.3 is 5.97 Å². The Labute approximate surface area is 203 Å². The van der Waals surface area contributed by atoms with Gasteiger partial charge in [0.1, 0.15) is 12.4 Å². The van der Waals surface area contributed by atoms with Crippen LogP contribution in [0.15, 0.2) is 36.4 Å². The van der Waals surface area contributed by atoms with E-state index in [2.05, 4.69) is 20.8 Å². The topological polar surface area (TPSA) is 101 Å². The van der Waals surface area contributed by atoms with Gasteiger partial charge < -0.3 is 14.2 Å². The van der Waals surface area contributed by atoms with Crippen LogP contribution < -0.4 is 4.74 Å². The number of aryl methyl sites for hydroxylation is 1. The van der Waals surface area contributed by atoms with Gasteiger partial charge in [0.05, 0.1) is 22.6 Å². The number of pyridine rings is 1. The van der Waals surface area contributed by atoms with Gasteiger partial charge in [-0.3, -0.25) is 15.1 Å². The Balaban J connectivity index is 1.52. The standard InChI is InChI=1S/C27H28N2O6/c1-27(2,3)18-8-9-23-21(12-18)24(20-6-4-5-7-22(20)28-23)26(30)34-14-17-11-19(29(31)32)10-16-13-33-15-35-25(16)17/h4-7,10-11,18H,8-9,12-15H2,1-3H3. The highest BCUT2D eigenvalue weighted by Crippen LogP contribution is 2.40. The highest BCUT2D eigenvalue weighted by atomic mass is 16.7. The number of ether oxygens (including phenoxy) is 3. The fourth-order valence-corrected chi connectivity index (χ4v) is 5.07. The number of hydrogen-bond donors (Lipinski definition) is 0. The molecule has 1 atom stereocenters. The van der Waals surface area contributed by atoms with Crippen molar-refractivity contribution in [1.29, 1.82) is 0 Å².